The highest BCUT2D eigenvalue weighted by Crippen LogP contribution is 2.49. The molecule has 58 heavy (non-hydrogen) atoms. The second-order valence-corrected chi connectivity index (χ2v) is 16.9. The van der Waals surface area contributed by atoms with Crippen molar-refractivity contribution in [2.75, 3.05) is 4.90 Å². The van der Waals surface area contributed by atoms with E-state index in [4.69, 9.17) is 0 Å². The van der Waals surface area contributed by atoms with Gasteiger partial charge >= 0.3 is 0 Å². The minimum Gasteiger partial charge on any atom is -0.309 e. The summed E-state index contributed by atoms with van der Waals surface area (Å²) in [5.74, 6) is 0.589. The molecule has 0 atom stereocenters. The molecule has 0 spiro atoms. The maximum atomic E-state index is 2.51. The van der Waals surface area contributed by atoms with Crippen molar-refractivity contribution in [2.24, 2.45) is 0 Å². The van der Waals surface area contributed by atoms with Crippen LogP contribution in [-0.2, 0) is 0 Å². The first-order valence-electron chi connectivity index (χ1n) is 20.8. The summed E-state index contributed by atoms with van der Waals surface area (Å²) in [6.45, 7) is 0. The molecule has 9 aromatic carbocycles. The Balaban J connectivity index is 1.14. The molecular formula is C56H43NS. The first-order valence-corrected chi connectivity index (χ1v) is 21.6. The zero-order chi connectivity index (χ0) is 38.4. The summed E-state index contributed by atoms with van der Waals surface area (Å²) in [5, 5.41) is 7.87. The fourth-order valence-corrected chi connectivity index (χ4v) is 10.9. The molecule has 11 rings (SSSR count). The molecule has 0 saturated heterocycles. The maximum Gasteiger partial charge on any atom is 0.0540 e. The Kier molecular flexibility index (Phi) is 8.86. The molecule has 0 bridgehead atoms. The van der Waals surface area contributed by atoms with Crippen LogP contribution in [0, 0.1) is 0 Å². The van der Waals surface area contributed by atoms with E-state index in [1.807, 2.05) is 11.3 Å². The van der Waals surface area contributed by atoms with Crippen molar-refractivity contribution < 1.29 is 0 Å². The van der Waals surface area contributed by atoms with Gasteiger partial charge in [0.15, 0.2) is 0 Å². The monoisotopic (exact) mass is 761 g/mol. The molecule has 0 N–H and O–H groups in total. The Morgan fingerprint density at radius 3 is 1.72 bits per heavy atom. The number of nitrogens with zero attached hydrogens (tertiary/aromatic N) is 1. The third kappa shape index (κ3) is 5.99. The Bertz CT molecular complexity index is 3100. The molecule has 2 heteroatoms. The van der Waals surface area contributed by atoms with Crippen LogP contribution >= 0.6 is 11.3 Å². The number of fused-ring (bicyclic) bond motifs is 5. The minimum absolute atomic E-state index is 0.589. The molecule has 1 aliphatic rings. The lowest BCUT2D eigenvalue weighted by Crippen LogP contribution is -2.12. The number of anilines is 3. The summed E-state index contributed by atoms with van der Waals surface area (Å²) in [6.07, 6.45) is 6.50. The summed E-state index contributed by atoms with van der Waals surface area (Å²) < 4.78 is 2.65. The second kappa shape index (κ2) is 14.8. The summed E-state index contributed by atoms with van der Waals surface area (Å²) >= 11 is 1.88. The number of hydrogen-bond acceptors (Lipinski definition) is 2. The number of benzene rings is 9. The summed E-state index contributed by atoms with van der Waals surface area (Å²) in [5.41, 5.74) is 12.4. The highest BCUT2D eigenvalue weighted by Gasteiger charge is 2.24. The molecule has 278 valence electrons. The van der Waals surface area contributed by atoms with Crippen molar-refractivity contribution in [3.05, 3.63) is 200 Å². The van der Waals surface area contributed by atoms with Crippen LogP contribution in [0.2, 0.25) is 0 Å². The van der Waals surface area contributed by atoms with Crippen molar-refractivity contribution in [3.63, 3.8) is 0 Å². The van der Waals surface area contributed by atoms with Gasteiger partial charge in [-0.25, -0.2) is 0 Å². The van der Waals surface area contributed by atoms with E-state index in [1.54, 1.807) is 0 Å². The van der Waals surface area contributed by atoms with E-state index in [1.165, 1.54) is 118 Å². The number of rotatable bonds is 7. The van der Waals surface area contributed by atoms with Gasteiger partial charge in [0.05, 0.1) is 11.4 Å². The molecule has 1 heterocycles. The van der Waals surface area contributed by atoms with Gasteiger partial charge in [-0.2, -0.15) is 0 Å². The Labute approximate surface area is 344 Å². The predicted octanol–water partition coefficient (Wildman–Crippen LogP) is 16.9. The largest absolute Gasteiger partial charge is 0.309 e. The minimum atomic E-state index is 0.589. The number of thiophene rings is 1. The van der Waals surface area contributed by atoms with E-state index >= 15 is 0 Å². The number of hydrogen-bond donors (Lipinski definition) is 0. The molecule has 10 aromatic rings. The molecule has 0 amide bonds. The standard InChI is InChI=1S/C56H43NS/c1-2-16-39(17-3-1)44-26-13-20-41-21-14-29-49(55(41)44)48-24-7-10-31-52(48)57(51-30-9-6-23-47(51)46-28-12-19-38-18-4-5-22-43(38)46)42-36-34-40(35-37-42)45-27-15-33-54-56(45)50-25-8-11-32-53(50)58-54/h4-15,18-37,39H,1-3,16-17H2. The highest BCUT2D eigenvalue weighted by molar-refractivity contribution is 7.25. The smallest absolute Gasteiger partial charge is 0.0540 e. The molecule has 1 aliphatic carbocycles. The third-order valence-electron chi connectivity index (χ3n) is 12.5. The highest BCUT2D eigenvalue weighted by atomic mass is 32.1. The van der Waals surface area contributed by atoms with E-state index in [9.17, 15) is 0 Å². The van der Waals surface area contributed by atoms with Gasteiger partial charge < -0.3 is 4.90 Å². The second-order valence-electron chi connectivity index (χ2n) is 15.8. The van der Waals surface area contributed by atoms with Crippen LogP contribution < -0.4 is 4.90 Å². The predicted molar refractivity (Wildman–Crippen MR) is 251 cm³/mol. The summed E-state index contributed by atoms with van der Waals surface area (Å²) in [6, 6.07) is 72.3. The lowest BCUT2D eigenvalue weighted by molar-refractivity contribution is 0.445. The quantitative estimate of drug-likeness (QED) is 0.156. The van der Waals surface area contributed by atoms with E-state index in [0.717, 1.165) is 11.4 Å². The van der Waals surface area contributed by atoms with Crippen LogP contribution in [0.4, 0.5) is 17.1 Å². The number of para-hydroxylation sites is 2. The van der Waals surface area contributed by atoms with Crippen LogP contribution in [-0.4, -0.2) is 0 Å². The molecule has 0 unspecified atom stereocenters. The Morgan fingerprint density at radius 1 is 0.379 bits per heavy atom. The van der Waals surface area contributed by atoms with Crippen LogP contribution in [0.1, 0.15) is 43.6 Å². The topological polar surface area (TPSA) is 3.24 Å². The molecule has 0 radical (unpaired) electrons. The van der Waals surface area contributed by atoms with Gasteiger partial charge in [0, 0.05) is 37.0 Å². The average molecular weight is 762 g/mol. The van der Waals surface area contributed by atoms with Crippen molar-refractivity contribution >= 4 is 70.1 Å². The first kappa shape index (κ1) is 34.7. The van der Waals surface area contributed by atoms with Crippen LogP contribution in [0.5, 0.6) is 0 Å². The van der Waals surface area contributed by atoms with Crippen molar-refractivity contribution in [2.45, 2.75) is 38.0 Å². The normalized spacial score (nSPS) is 13.4. The molecule has 1 aromatic heterocycles. The van der Waals surface area contributed by atoms with Crippen molar-refractivity contribution in [1.29, 1.82) is 0 Å². The van der Waals surface area contributed by atoms with Crippen LogP contribution in [0.15, 0.2) is 194 Å². The van der Waals surface area contributed by atoms with Gasteiger partial charge in [-0.15, -0.1) is 11.3 Å². The lowest BCUT2D eigenvalue weighted by atomic mass is 9.80. The van der Waals surface area contributed by atoms with Crippen molar-refractivity contribution in [1.82, 2.24) is 0 Å². The Hall–Kier alpha value is -6.48. The van der Waals surface area contributed by atoms with Gasteiger partial charge in [-0.3, -0.25) is 0 Å². The van der Waals surface area contributed by atoms with E-state index in [0.29, 0.717) is 5.92 Å². The molecule has 1 fully saturated rings. The average Bonchev–Trinajstić information content (AvgIpc) is 3.69. The lowest BCUT2D eigenvalue weighted by Gasteiger charge is -2.31. The fourth-order valence-electron chi connectivity index (χ4n) is 9.81. The maximum absolute atomic E-state index is 2.51. The zero-order valence-electron chi connectivity index (χ0n) is 32.4. The van der Waals surface area contributed by atoms with Crippen molar-refractivity contribution in [3.8, 4) is 33.4 Å². The van der Waals surface area contributed by atoms with E-state index in [2.05, 4.69) is 199 Å². The molecule has 0 aliphatic heterocycles. The fraction of sp³-hybridized carbons (Fsp3) is 0.107. The van der Waals surface area contributed by atoms with E-state index < -0.39 is 0 Å². The third-order valence-corrected chi connectivity index (χ3v) is 13.6. The zero-order valence-corrected chi connectivity index (χ0v) is 33.3. The van der Waals surface area contributed by atoms with Gasteiger partial charge in [0.1, 0.15) is 0 Å². The van der Waals surface area contributed by atoms with Gasteiger partial charge in [0.25, 0.3) is 0 Å². The van der Waals surface area contributed by atoms with Gasteiger partial charge in [-0.1, -0.05) is 177 Å². The Morgan fingerprint density at radius 2 is 0.931 bits per heavy atom. The van der Waals surface area contributed by atoms with E-state index in [-0.39, 0.29) is 0 Å². The molecular weight excluding hydrogens is 719 g/mol. The summed E-state index contributed by atoms with van der Waals surface area (Å²) in [4.78, 5) is 2.51. The van der Waals surface area contributed by atoms with Crippen LogP contribution in [0.3, 0.4) is 0 Å². The molecule has 1 nitrogen and oxygen atoms in total. The SMILES string of the molecule is c1ccc(N(c2ccc(-c3cccc4sc5ccccc5c34)cc2)c2ccccc2-c2cccc3cccc(C4CCCCC4)c23)c(-c2cccc3ccccc23)c1. The van der Waals surface area contributed by atoms with Crippen LogP contribution in [0.25, 0.3) is 75.1 Å². The first-order chi connectivity index (χ1) is 28.8. The van der Waals surface area contributed by atoms with Gasteiger partial charge in [0.2, 0.25) is 0 Å². The van der Waals surface area contributed by atoms with Gasteiger partial charge in [-0.05, 0) is 105 Å². The summed E-state index contributed by atoms with van der Waals surface area (Å²) in [7, 11) is 0. The molecule has 1 saturated carbocycles.